The van der Waals surface area contributed by atoms with Crippen LogP contribution in [-0.2, 0) is 41.3 Å². The lowest BCUT2D eigenvalue weighted by Gasteiger charge is -2.45. The molecule has 0 unspecified atom stereocenters. The van der Waals surface area contributed by atoms with Crippen molar-refractivity contribution in [1.29, 1.82) is 0 Å². The standard InChI is InChI=1S/C47H62O6Si/c1-9-41-42(53-46(49-8)45(51-34-38-24-16-11-17-25-38)44(41)50-33-37-22-14-10-15-23-37)31-30-35(2)43(48-7)36(3)32-52-54(47(4,5)6,39-26-18-12-19-27-39)40-28-20-13-21-29-40/h10-31,35-36,41-46H,9,32-34H2,1-8H3/b31-30-/t35-,36-,41-,42+,43-,44+,45+,46-/m0/s1. The molecule has 0 N–H and O–H groups in total. The maximum absolute atomic E-state index is 7.33. The second kappa shape index (κ2) is 20.0. The van der Waals surface area contributed by atoms with Gasteiger partial charge in [0.15, 0.2) is 6.29 Å². The van der Waals surface area contributed by atoms with Crippen molar-refractivity contribution in [3.63, 3.8) is 0 Å². The lowest BCUT2D eigenvalue weighted by molar-refractivity contribution is -0.291. The molecule has 4 aromatic rings. The molecule has 1 aliphatic heterocycles. The Morgan fingerprint density at radius 1 is 0.704 bits per heavy atom. The molecular formula is C47H62O6Si. The average Bonchev–Trinajstić information content (AvgIpc) is 3.19. The predicted octanol–water partition coefficient (Wildman–Crippen LogP) is 8.97. The number of ether oxygens (including phenoxy) is 5. The van der Waals surface area contributed by atoms with Crippen molar-refractivity contribution in [3.8, 4) is 0 Å². The molecule has 1 aliphatic rings. The van der Waals surface area contributed by atoms with Crippen LogP contribution >= 0.6 is 0 Å². The molecule has 6 nitrogen and oxygen atoms in total. The normalized spacial score (nSPS) is 22.6. The van der Waals surface area contributed by atoms with Gasteiger partial charge in [-0.2, -0.15) is 0 Å². The van der Waals surface area contributed by atoms with E-state index in [9.17, 15) is 0 Å². The molecule has 1 fully saturated rings. The molecule has 1 saturated heterocycles. The van der Waals surface area contributed by atoms with Crippen molar-refractivity contribution in [3.05, 3.63) is 145 Å². The van der Waals surface area contributed by atoms with Crippen LogP contribution < -0.4 is 10.4 Å². The highest BCUT2D eigenvalue weighted by Crippen LogP contribution is 2.38. The number of hydrogen-bond donors (Lipinski definition) is 0. The van der Waals surface area contributed by atoms with Gasteiger partial charge in [0.05, 0.1) is 31.5 Å². The second-order valence-corrected chi connectivity index (χ2v) is 20.0. The highest BCUT2D eigenvalue weighted by molar-refractivity contribution is 6.99. The summed E-state index contributed by atoms with van der Waals surface area (Å²) in [6.07, 6.45) is 3.72. The van der Waals surface area contributed by atoms with Gasteiger partial charge in [-0.1, -0.05) is 175 Å². The third-order valence-corrected chi connectivity index (χ3v) is 15.9. The van der Waals surface area contributed by atoms with Crippen LogP contribution in [0.25, 0.3) is 0 Å². The van der Waals surface area contributed by atoms with Crippen LogP contribution in [0.5, 0.6) is 0 Å². The van der Waals surface area contributed by atoms with E-state index in [-0.39, 0.29) is 41.1 Å². The molecule has 0 aromatic heterocycles. The van der Waals surface area contributed by atoms with Gasteiger partial charge in [0.2, 0.25) is 0 Å². The van der Waals surface area contributed by atoms with Gasteiger partial charge in [-0.25, -0.2) is 0 Å². The van der Waals surface area contributed by atoms with Crippen molar-refractivity contribution >= 4 is 18.7 Å². The van der Waals surface area contributed by atoms with Gasteiger partial charge >= 0.3 is 0 Å². The Labute approximate surface area is 325 Å². The van der Waals surface area contributed by atoms with E-state index in [1.165, 1.54) is 10.4 Å². The Morgan fingerprint density at radius 3 is 1.63 bits per heavy atom. The third-order valence-electron chi connectivity index (χ3n) is 10.9. The molecule has 0 bridgehead atoms. The van der Waals surface area contributed by atoms with E-state index in [4.69, 9.17) is 28.1 Å². The summed E-state index contributed by atoms with van der Waals surface area (Å²) in [4.78, 5) is 0. The van der Waals surface area contributed by atoms with Crippen molar-refractivity contribution < 1.29 is 28.1 Å². The maximum Gasteiger partial charge on any atom is 0.261 e. The van der Waals surface area contributed by atoms with Crippen LogP contribution in [0.2, 0.25) is 5.04 Å². The molecule has 290 valence electrons. The second-order valence-electron chi connectivity index (χ2n) is 15.7. The maximum atomic E-state index is 7.33. The number of hydrogen-bond acceptors (Lipinski definition) is 6. The van der Waals surface area contributed by atoms with Gasteiger partial charge in [0.1, 0.15) is 6.10 Å². The van der Waals surface area contributed by atoms with E-state index in [0.717, 1.165) is 17.5 Å². The Bertz CT molecular complexity index is 1620. The molecule has 5 rings (SSSR count). The summed E-state index contributed by atoms with van der Waals surface area (Å²) in [5, 5.41) is 2.46. The zero-order valence-corrected chi connectivity index (χ0v) is 34.6. The van der Waals surface area contributed by atoms with E-state index in [1.54, 1.807) is 7.11 Å². The summed E-state index contributed by atoms with van der Waals surface area (Å²) >= 11 is 0. The van der Waals surface area contributed by atoms with Crippen molar-refractivity contribution in [2.24, 2.45) is 17.8 Å². The van der Waals surface area contributed by atoms with Gasteiger partial charge in [-0.05, 0) is 33.0 Å². The van der Waals surface area contributed by atoms with Crippen molar-refractivity contribution in [2.75, 3.05) is 20.8 Å². The fourth-order valence-electron chi connectivity index (χ4n) is 8.16. The van der Waals surface area contributed by atoms with E-state index in [2.05, 4.69) is 139 Å². The van der Waals surface area contributed by atoms with Gasteiger partial charge < -0.3 is 28.1 Å². The monoisotopic (exact) mass is 750 g/mol. The van der Waals surface area contributed by atoms with Crippen molar-refractivity contribution in [1.82, 2.24) is 0 Å². The Hall–Kier alpha value is -3.40. The first-order valence-electron chi connectivity index (χ1n) is 19.6. The first-order valence-corrected chi connectivity index (χ1v) is 21.5. The van der Waals surface area contributed by atoms with Gasteiger partial charge in [-0.15, -0.1) is 0 Å². The topological polar surface area (TPSA) is 55.4 Å². The predicted molar refractivity (Wildman–Crippen MR) is 221 cm³/mol. The zero-order valence-electron chi connectivity index (χ0n) is 33.6. The largest absolute Gasteiger partial charge is 0.407 e. The molecule has 7 heteroatoms. The lowest BCUT2D eigenvalue weighted by atomic mass is 9.85. The minimum absolute atomic E-state index is 0.0428. The summed E-state index contributed by atoms with van der Waals surface area (Å²) < 4.78 is 39.6. The minimum atomic E-state index is -2.69. The molecule has 0 amide bonds. The van der Waals surface area contributed by atoms with Crippen LogP contribution in [0.3, 0.4) is 0 Å². The van der Waals surface area contributed by atoms with E-state index >= 15 is 0 Å². The van der Waals surface area contributed by atoms with Crippen molar-refractivity contribution in [2.45, 2.75) is 96.9 Å². The number of benzene rings is 4. The van der Waals surface area contributed by atoms with Gasteiger partial charge in [-0.3, -0.25) is 0 Å². The average molecular weight is 751 g/mol. The Kier molecular flexibility index (Phi) is 15.4. The SMILES string of the molecule is CC[C@@H]1[C@@H](OCc2ccccc2)[C@@H](OCc2ccccc2)[C@@H](OC)O[C@@H]1/C=C\[C@H](C)[C@H](OC)[C@@H](C)CO[Si](c1ccccc1)(c1ccccc1)C(C)(C)C. The summed E-state index contributed by atoms with van der Waals surface area (Å²) in [5.41, 5.74) is 2.21. The summed E-state index contributed by atoms with van der Waals surface area (Å²) in [7, 11) is 0.806. The van der Waals surface area contributed by atoms with Gasteiger partial charge in [0, 0.05) is 38.6 Å². The lowest BCUT2D eigenvalue weighted by Crippen LogP contribution is -2.67. The van der Waals surface area contributed by atoms with E-state index < -0.39 is 20.7 Å². The summed E-state index contributed by atoms with van der Waals surface area (Å²) in [6, 6.07) is 42.1. The molecule has 0 aliphatic carbocycles. The molecule has 4 aromatic carbocycles. The van der Waals surface area contributed by atoms with Gasteiger partial charge in [0.25, 0.3) is 8.32 Å². The van der Waals surface area contributed by atoms with E-state index in [0.29, 0.717) is 19.8 Å². The highest BCUT2D eigenvalue weighted by atomic mass is 28.4. The Balaban J connectivity index is 1.35. The molecule has 0 saturated carbocycles. The molecule has 1 heterocycles. The quantitative estimate of drug-likeness (QED) is 0.0748. The fourth-order valence-corrected chi connectivity index (χ4v) is 12.8. The molecular weight excluding hydrogens is 689 g/mol. The van der Waals surface area contributed by atoms with Crippen LogP contribution in [-0.4, -0.2) is 59.8 Å². The number of methoxy groups -OCH3 is 2. The third kappa shape index (κ3) is 10.1. The highest BCUT2D eigenvalue weighted by Gasteiger charge is 2.51. The first kappa shape index (κ1) is 41.8. The molecule has 0 radical (unpaired) electrons. The Morgan fingerprint density at radius 2 is 1.19 bits per heavy atom. The van der Waals surface area contributed by atoms with Crippen LogP contribution in [0.1, 0.15) is 59.1 Å². The molecule has 54 heavy (non-hydrogen) atoms. The van der Waals surface area contributed by atoms with Crippen LogP contribution in [0.4, 0.5) is 0 Å². The fraction of sp³-hybridized carbons (Fsp3) is 0.447. The van der Waals surface area contributed by atoms with Crippen LogP contribution in [0, 0.1) is 17.8 Å². The zero-order chi connectivity index (χ0) is 38.6. The summed E-state index contributed by atoms with van der Waals surface area (Å²) in [6.45, 7) is 15.1. The first-order chi connectivity index (χ1) is 26.1. The molecule has 0 spiro atoms. The molecule has 8 atom stereocenters. The summed E-state index contributed by atoms with van der Waals surface area (Å²) in [5.74, 6) is 0.252. The minimum Gasteiger partial charge on any atom is -0.407 e. The smallest absolute Gasteiger partial charge is 0.261 e. The van der Waals surface area contributed by atoms with E-state index in [1.807, 2.05) is 43.5 Å². The van der Waals surface area contributed by atoms with Crippen LogP contribution in [0.15, 0.2) is 133 Å². The number of rotatable bonds is 18.